The van der Waals surface area contributed by atoms with Gasteiger partial charge in [0.2, 0.25) is 0 Å². The van der Waals surface area contributed by atoms with Gasteiger partial charge in [-0.15, -0.1) is 0 Å². The summed E-state index contributed by atoms with van der Waals surface area (Å²) >= 11 is 0. The maximum Gasteiger partial charge on any atom is 0.196 e. The second kappa shape index (κ2) is 8.88. The lowest BCUT2D eigenvalue weighted by atomic mass is 9.49. The van der Waals surface area contributed by atoms with Gasteiger partial charge in [-0.05, 0) is 94.7 Å². The van der Waals surface area contributed by atoms with E-state index in [4.69, 9.17) is 9.47 Å². The minimum absolute atomic E-state index is 0. The Labute approximate surface area is 261 Å². The Hall–Kier alpha value is -3.44. The molecule has 0 amide bonds. The number of likely N-dealkylation sites (N-methyl/N-ethyl adjacent to an activating group) is 2. The Morgan fingerprint density at radius 1 is 0.778 bits per heavy atom. The molecule has 238 valence electrons. The molecule has 4 aliphatic heterocycles. The molecule has 4 bridgehead atoms. The molecule has 0 aromatic heterocycles. The highest BCUT2D eigenvalue weighted by Crippen LogP contribution is 2.65. The van der Waals surface area contributed by atoms with Crippen LogP contribution in [-0.4, -0.2) is 104 Å². The number of Topliss-reactive ketones (excluding diaryl/α,β-unsaturated/α-hetero) is 1. The summed E-state index contributed by atoms with van der Waals surface area (Å²) in [5, 5.41) is 43.6. The van der Waals surface area contributed by atoms with Crippen LogP contribution in [0.15, 0.2) is 36.4 Å². The molecule has 4 heterocycles. The molecule has 8 atom stereocenters. The fraction of sp³-hybridized carbons (Fsp3) is 0.543. The van der Waals surface area contributed by atoms with Crippen LogP contribution in [-0.2, 0) is 33.3 Å². The topological polar surface area (TPSA) is 140 Å². The highest BCUT2D eigenvalue weighted by molar-refractivity contribution is 5.99. The van der Waals surface area contributed by atoms with Crippen molar-refractivity contribution >= 4 is 11.6 Å². The SMILES string of the molecule is C.CN1CC[C@]23c4c5ccc(O)c4OC2C(=O)C=C[C@@]3(O)[C@H]1C5.CN1CC[C@]23c4c5ccc(O)c4OC2C(=O)CC[C@@]3(O)[C@H]1C5. The van der Waals surface area contributed by atoms with Crippen molar-refractivity contribution in [1.82, 2.24) is 9.80 Å². The second-order valence-corrected chi connectivity index (χ2v) is 14.2. The molecule has 0 radical (unpaired) electrons. The number of nitrogens with zero attached hydrogens (tertiary/aromatic N) is 2. The first kappa shape index (κ1) is 29.0. The molecule has 45 heavy (non-hydrogen) atoms. The van der Waals surface area contributed by atoms with E-state index in [9.17, 15) is 30.0 Å². The molecular formula is C35H40N2O8. The van der Waals surface area contributed by atoms with E-state index >= 15 is 0 Å². The molecule has 2 aromatic rings. The molecule has 1 saturated carbocycles. The molecule has 2 unspecified atom stereocenters. The summed E-state index contributed by atoms with van der Waals surface area (Å²) in [6.45, 7) is 1.62. The Morgan fingerprint density at radius 3 is 2.00 bits per heavy atom. The van der Waals surface area contributed by atoms with Crippen LogP contribution in [0, 0.1) is 0 Å². The van der Waals surface area contributed by atoms with Crippen LogP contribution in [0.2, 0.25) is 0 Å². The molecule has 3 fully saturated rings. The first-order valence-electron chi connectivity index (χ1n) is 15.6. The van der Waals surface area contributed by atoms with Crippen molar-refractivity contribution in [3.05, 3.63) is 58.7 Å². The van der Waals surface area contributed by atoms with Crippen molar-refractivity contribution in [2.45, 2.75) is 92.3 Å². The van der Waals surface area contributed by atoms with Crippen molar-refractivity contribution in [2.75, 3.05) is 27.2 Å². The number of carbonyl (C=O) groups is 2. The summed E-state index contributed by atoms with van der Waals surface area (Å²) in [7, 11) is 4.06. The summed E-state index contributed by atoms with van der Waals surface area (Å²) in [4.78, 5) is 29.3. The summed E-state index contributed by atoms with van der Waals surface area (Å²) in [5.41, 5.74) is 0.388. The number of aliphatic hydroxyl groups is 2. The molecule has 2 saturated heterocycles. The van der Waals surface area contributed by atoms with Gasteiger partial charge in [0, 0.05) is 29.6 Å². The van der Waals surface area contributed by atoms with E-state index in [2.05, 4.69) is 9.80 Å². The van der Waals surface area contributed by atoms with Crippen LogP contribution < -0.4 is 9.47 Å². The van der Waals surface area contributed by atoms with Gasteiger partial charge >= 0.3 is 0 Å². The van der Waals surface area contributed by atoms with Gasteiger partial charge in [0.15, 0.2) is 46.8 Å². The average molecular weight is 617 g/mol. The molecule has 8 aliphatic rings. The summed E-state index contributed by atoms with van der Waals surface area (Å²) < 4.78 is 11.8. The fourth-order valence-corrected chi connectivity index (χ4v) is 10.7. The standard InChI is InChI=1S/C17H19NO4.C17H17NO4.CH4/c2*1-18-7-6-16-13-9-2-3-10(19)14(13)22-15(16)11(20)4-5-17(16,21)12(18)8-9;/h2-3,12,15,19,21H,4-8H2,1H3;2-5,12,15,19,21H,6-8H2,1H3;1H4/t2*12-,15?,16+,17-;/m11./s1. The van der Waals surface area contributed by atoms with Gasteiger partial charge in [-0.25, -0.2) is 0 Å². The van der Waals surface area contributed by atoms with E-state index in [1.54, 1.807) is 18.2 Å². The second-order valence-electron chi connectivity index (χ2n) is 14.2. The van der Waals surface area contributed by atoms with Gasteiger partial charge in [0.1, 0.15) is 5.60 Å². The number of ketones is 2. The normalized spacial score (nSPS) is 40.7. The highest BCUT2D eigenvalue weighted by Gasteiger charge is 2.73. The van der Waals surface area contributed by atoms with Gasteiger partial charge in [-0.1, -0.05) is 19.6 Å². The number of rotatable bonds is 0. The molecular weight excluding hydrogens is 576 g/mol. The number of phenols is 2. The van der Waals surface area contributed by atoms with Crippen LogP contribution in [0.5, 0.6) is 23.0 Å². The van der Waals surface area contributed by atoms with E-state index in [0.717, 1.165) is 41.8 Å². The first-order valence-corrected chi connectivity index (χ1v) is 15.6. The maximum absolute atomic E-state index is 12.5. The van der Waals surface area contributed by atoms with Gasteiger partial charge in [-0.3, -0.25) is 14.5 Å². The monoisotopic (exact) mass is 616 g/mol. The zero-order valence-corrected chi connectivity index (χ0v) is 24.7. The van der Waals surface area contributed by atoms with Crippen LogP contribution in [0.1, 0.15) is 55.4 Å². The number of phenolic OH excluding ortho intramolecular Hbond substituents is 2. The predicted molar refractivity (Wildman–Crippen MR) is 163 cm³/mol. The molecule has 10 rings (SSSR count). The Kier molecular flexibility index (Phi) is 5.72. The lowest BCUT2D eigenvalue weighted by Gasteiger charge is -2.61. The minimum atomic E-state index is -1.13. The van der Waals surface area contributed by atoms with Gasteiger partial charge in [0.25, 0.3) is 0 Å². The van der Waals surface area contributed by atoms with Crippen LogP contribution >= 0.6 is 0 Å². The van der Waals surface area contributed by atoms with E-state index in [-0.39, 0.29) is 42.6 Å². The predicted octanol–water partition coefficient (Wildman–Crippen LogP) is 1.90. The van der Waals surface area contributed by atoms with E-state index in [0.29, 0.717) is 43.6 Å². The molecule has 2 aromatic carbocycles. The Morgan fingerprint density at radius 2 is 1.33 bits per heavy atom. The third-order valence-electron chi connectivity index (χ3n) is 12.7. The number of piperidine rings is 2. The molecule has 2 spiro atoms. The number of hydrogen-bond acceptors (Lipinski definition) is 10. The zero-order chi connectivity index (χ0) is 30.6. The molecule has 4 aliphatic carbocycles. The molecule has 4 N–H and O–H groups in total. The van der Waals surface area contributed by atoms with Crippen LogP contribution in [0.4, 0.5) is 0 Å². The Bertz CT molecular complexity index is 1710. The van der Waals surface area contributed by atoms with Crippen LogP contribution in [0.25, 0.3) is 0 Å². The molecule has 10 nitrogen and oxygen atoms in total. The van der Waals surface area contributed by atoms with E-state index < -0.39 is 34.2 Å². The van der Waals surface area contributed by atoms with Gasteiger partial charge in [-0.2, -0.15) is 0 Å². The highest BCUT2D eigenvalue weighted by atomic mass is 16.5. The quantitative estimate of drug-likeness (QED) is 0.347. The summed E-state index contributed by atoms with van der Waals surface area (Å²) in [5.74, 6) is 0.873. The third-order valence-corrected chi connectivity index (χ3v) is 12.7. The lowest BCUT2D eigenvalue weighted by Crippen LogP contribution is -2.76. The van der Waals surface area contributed by atoms with Crippen molar-refractivity contribution in [3.8, 4) is 23.0 Å². The largest absolute Gasteiger partial charge is 0.504 e. The van der Waals surface area contributed by atoms with Crippen LogP contribution in [0.3, 0.4) is 0 Å². The van der Waals surface area contributed by atoms with E-state index in [1.165, 1.54) is 6.08 Å². The average Bonchev–Trinajstić information content (AvgIpc) is 3.55. The van der Waals surface area contributed by atoms with Crippen molar-refractivity contribution in [2.24, 2.45) is 0 Å². The third kappa shape index (κ3) is 3.05. The fourth-order valence-electron chi connectivity index (χ4n) is 10.7. The number of ether oxygens (including phenoxy) is 2. The zero-order valence-electron chi connectivity index (χ0n) is 24.7. The first-order chi connectivity index (χ1) is 21.0. The number of hydrogen-bond donors (Lipinski definition) is 4. The van der Waals surface area contributed by atoms with Gasteiger partial charge < -0.3 is 34.8 Å². The number of likely N-dealkylation sites (tertiary alicyclic amines) is 2. The van der Waals surface area contributed by atoms with Crippen molar-refractivity contribution in [3.63, 3.8) is 0 Å². The lowest BCUT2D eigenvalue weighted by molar-refractivity contribution is -0.185. The summed E-state index contributed by atoms with van der Waals surface area (Å²) in [6, 6.07) is 7.01. The van der Waals surface area contributed by atoms with Gasteiger partial charge in [0.05, 0.1) is 16.4 Å². The molecule has 10 heteroatoms. The summed E-state index contributed by atoms with van der Waals surface area (Å²) in [6.07, 6.45) is 5.31. The van der Waals surface area contributed by atoms with Crippen molar-refractivity contribution in [1.29, 1.82) is 0 Å². The number of aromatic hydroxyl groups is 2. The van der Waals surface area contributed by atoms with Crippen molar-refractivity contribution < 1.29 is 39.5 Å². The van der Waals surface area contributed by atoms with E-state index in [1.807, 2.05) is 26.2 Å². The smallest absolute Gasteiger partial charge is 0.196 e. The Balaban J connectivity index is 0.000000131. The number of benzene rings is 2. The maximum atomic E-state index is 12.5. The number of carbonyl (C=O) groups excluding carboxylic acids is 2. The minimum Gasteiger partial charge on any atom is -0.504 e.